The van der Waals surface area contributed by atoms with Gasteiger partial charge >= 0.3 is 0 Å². The summed E-state index contributed by atoms with van der Waals surface area (Å²) < 4.78 is 6.56. The van der Waals surface area contributed by atoms with E-state index in [0.29, 0.717) is 0 Å². The quantitative estimate of drug-likeness (QED) is 0.663. The number of aryl methyl sites for hydroxylation is 2. The molecule has 0 aliphatic rings. The normalized spacial score (nSPS) is 12.2. The predicted molar refractivity (Wildman–Crippen MR) is 85.8 cm³/mol. The van der Waals surface area contributed by atoms with E-state index >= 15 is 0 Å². The summed E-state index contributed by atoms with van der Waals surface area (Å²) in [6, 6.07) is 12.1. The standard InChI is InChI=1S/C16H19BrN2O/c1-10-8-11(2)15(14(9-10)20-3)16(19-18)12-6-4-5-7-13(12)17/h4-9,16,19H,18H2,1-3H3. The summed E-state index contributed by atoms with van der Waals surface area (Å²) in [5.74, 6) is 6.66. The van der Waals surface area contributed by atoms with Crippen LogP contribution in [0.25, 0.3) is 0 Å². The molecular formula is C16H19BrN2O. The Balaban J connectivity index is 2.61. The molecule has 3 nitrogen and oxygen atoms in total. The molecule has 2 aromatic carbocycles. The average molecular weight is 335 g/mol. The third-order valence-corrected chi connectivity index (χ3v) is 4.11. The zero-order valence-corrected chi connectivity index (χ0v) is 13.5. The molecule has 0 bridgehead atoms. The minimum atomic E-state index is -0.124. The Morgan fingerprint density at radius 1 is 1.20 bits per heavy atom. The van der Waals surface area contributed by atoms with Gasteiger partial charge in [0.25, 0.3) is 0 Å². The maximum atomic E-state index is 5.81. The molecular weight excluding hydrogens is 316 g/mol. The number of nitrogens with two attached hydrogens (primary N) is 1. The van der Waals surface area contributed by atoms with Crippen LogP contribution in [0.1, 0.15) is 28.3 Å². The number of hydrogen-bond acceptors (Lipinski definition) is 3. The van der Waals surface area contributed by atoms with E-state index in [1.54, 1.807) is 7.11 Å². The first-order valence-electron chi connectivity index (χ1n) is 6.44. The second kappa shape index (κ2) is 6.39. The van der Waals surface area contributed by atoms with Crippen molar-refractivity contribution in [3.05, 3.63) is 63.1 Å². The lowest BCUT2D eigenvalue weighted by atomic mass is 9.93. The summed E-state index contributed by atoms with van der Waals surface area (Å²) >= 11 is 3.58. The van der Waals surface area contributed by atoms with Crippen molar-refractivity contribution in [3.8, 4) is 5.75 Å². The Hall–Kier alpha value is -1.36. The second-order valence-corrected chi connectivity index (χ2v) is 5.67. The number of benzene rings is 2. The smallest absolute Gasteiger partial charge is 0.124 e. The van der Waals surface area contributed by atoms with Crippen molar-refractivity contribution in [2.24, 2.45) is 5.84 Å². The van der Waals surface area contributed by atoms with E-state index in [1.807, 2.05) is 30.3 Å². The van der Waals surface area contributed by atoms with Crippen LogP contribution in [0.15, 0.2) is 40.9 Å². The molecule has 4 heteroatoms. The van der Waals surface area contributed by atoms with E-state index in [-0.39, 0.29) is 6.04 Å². The van der Waals surface area contributed by atoms with Crippen LogP contribution >= 0.6 is 15.9 Å². The first kappa shape index (κ1) is 15.0. The van der Waals surface area contributed by atoms with Crippen molar-refractivity contribution >= 4 is 15.9 Å². The third kappa shape index (κ3) is 2.87. The van der Waals surface area contributed by atoms with Gasteiger partial charge in [0.1, 0.15) is 5.75 Å². The van der Waals surface area contributed by atoms with Gasteiger partial charge in [-0.1, -0.05) is 40.2 Å². The zero-order valence-electron chi connectivity index (χ0n) is 11.9. The molecule has 0 spiro atoms. The molecule has 3 N–H and O–H groups in total. The summed E-state index contributed by atoms with van der Waals surface area (Å²) in [4.78, 5) is 0. The SMILES string of the molecule is COc1cc(C)cc(C)c1C(NN)c1ccccc1Br. The van der Waals surface area contributed by atoms with Gasteiger partial charge in [0.2, 0.25) is 0 Å². The molecule has 0 aliphatic heterocycles. The highest BCUT2D eigenvalue weighted by molar-refractivity contribution is 9.10. The van der Waals surface area contributed by atoms with Crippen molar-refractivity contribution in [2.75, 3.05) is 7.11 Å². The van der Waals surface area contributed by atoms with Gasteiger partial charge in [-0.2, -0.15) is 0 Å². The largest absolute Gasteiger partial charge is 0.496 e. The molecule has 2 rings (SSSR count). The Morgan fingerprint density at radius 3 is 2.50 bits per heavy atom. The van der Waals surface area contributed by atoms with Crippen LogP contribution in [-0.4, -0.2) is 7.11 Å². The van der Waals surface area contributed by atoms with Gasteiger partial charge in [0.15, 0.2) is 0 Å². The number of ether oxygens (including phenoxy) is 1. The number of hydrazine groups is 1. The van der Waals surface area contributed by atoms with Crippen LogP contribution in [0.3, 0.4) is 0 Å². The second-order valence-electron chi connectivity index (χ2n) is 4.82. The highest BCUT2D eigenvalue weighted by atomic mass is 79.9. The van der Waals surface area contributed by atoms with Gasteiger partial charge in [-0.25, -0.2) is 5.43 Å². The van der Waals surface area contributed by atoms with E-state index in [9.17, 15) is 0 Å². The minimum absolute atomic E-state index is 0.124. The van der Waals surface area contributed by atoms with Crippen LogP contribution in [0.4, 0.5) is 0 Å². The Labute approximate surface area is 128 Å². The van der Waals surface area contributed by atoms with Crippen molar-refractivity contribution in [3.63, 3.8) is 0 Å². The van der Waals surface area contributed by atoms with Crippen LogP contribution in [-0.2, 0) is 0 Å². The van der Waals surface area contributed by atoms with Crippen LogP contribution in [0.2, 0.25) is 0 Å². The van der Waals surface area contributed by atoms with E-state index in [1.165, 1.54) is 5.56 Å². The summed E-state index contributed by atoms with van der Waals surface area (Å²) in [6.07, 6.45) is 0. The first-order valence-corrected chi connectivity index (χ1v) is 7.23. The zero-order chi connectivity index (χ0) is 14.7. The van der Waals surface area contributed by atoms with Gasteiger partial charge < -0.3 is 4.74 Å². The lowest BCUT2D eigenvalue weighted by Crippen LogP contribution is -2.30. The lowest BCUT2D eigenvalue weighted by molar-refractivity contribution is 0.403. The summed E-state index contributed by atoms with van der Waals surface area (Å²) in [5, 5.41) is 0. The van der Waals surface area contributed by atoms with Crippen molar-refractivity contribution in [2.45, 2.75) is 19.9 Å². The fraction of sp³-hybridized carbons (Fsp3) is 0.250. The number of rotatable bonds is 4. The highest BCUT2D eigenvalue weighted by Gasteiger charge is 2.21. The average Bonchev–Trinajstić information content (AvgIpc) is 2.43. The molecule has 1 unspecified atom stereocenters. The Morgan fingerprint density at radius 2 is 1.90 bits per heavy atom. The lowest BCUT2D eigenvalue weighted by Gasteiger charge is -2.23. The highest BCUT2D eigenvalue weighted by Crippen LogP contribution is 2.36. The molecule has 0 saturated heterocycles. The fourth-order valence-electron chi connectivity index (χ4n) is 2.52. The molecule has 2 aromatic rings. The molecule has 0 amide bonds. The van der Waals surface area contributed by atoms with E-state index in [2.05, 4.69) is 41.3 Å². The van der Waals surface area contributed by atoms with Gasteiger partial charge in [0.05, 0.1) is 13.2 Å². The molecule has 20 heavy (non-hydrogen) atoms. The topological polar surface area (TPSA) is 47.3 Å². The molecule has 0 saturated carbocycles. The minimum Gasteiger partial charge on any atom is -0.496 e. The molecule has 0 fully saturated rings. The molecule has 106 valence electrons. The summed E-state index contributed by atoms with van der Waals surface area (Å²) in [7, 11) is 1.69. The van der Waals surface area contributed by atoms with Crippen LogP contribution in [0.5, 0.6) is 5.75 Å². The molecule has 1 atom stereocenters. The van der Waals surface area contributed by atoms with Crippen molar-refractivity contribution < 1.29 is 4.74 Å². The molecule has 0 heterocycles. The first-order chi connectivity index (χ1) is 9.58. The summed E-state index contributed by atoms with van der Waals surface area (Å²) in [5.41, 5.74) is 7.37. The van der Waals surface area contributed by atoms with Gasteiger partial charge in [-0.15, -0.1) is 0 Å². The van der Waals surface area contributed by atoms with E-state index < -0.39 is 0 Å². The maximum absolute atomic E-state index is 5.81. The molecule has 0 aliphatic carbocycles. The van der Waals surface area contributed by atoms with Gasteiger partial charge in [-0.05, 0) is 42.7 Å². The van der Waals surface area contributed by atoms with Crippen molar-refractivity contribution in [1.82, 2.24) is 5.43 Å². The van der Waals surface area contributed by atoms with Gasteiger partial charge in [0, 0.05) is 10.0 Å². The number of nitrogens with one attached hydrogen (secondary N) is 1. The van der Waals surface area contributed by atoms with Gasteiger partial charge in [-0.3, -0.25) is 5.84 Å². The van der Waals surface area contributed by atoms with Crippen LogP contribution in [0, 0.1) is 13.8 Å². The molecule has 0 aromatic heterocycles. The Kier molecular flexibility index (Phi) is 4.81. The van der Waals surface area contributed by atoms with E-state index in [0.717, 1.165) is 26.9 Å². The fourth-order valence-corrected chi connectivity index (χ4v) is 3.03. The monoisotopic (exact) mass is 334 g/mol. The van der Waals surface area contributed by atoms with E-state index in [4.69, 9.17) is 10.6 Å². The number of halogens is 1. The maximum Gasteiger partial charge on any atom is 0.124 e. The molecule has 0 radical (unpaired) electrons. The number of hydrogen-bond donors (Lipinski definition) is 2. The Bertz CT molecular complexity index is 613. The summed E-state index contributed by atoms with van der Waals surface area (Å²) in [6.45, 7) is 4.13. The third-order valence-electron chi connectivity index (χ3n) is 3.38. The number of methoxy groups -OCH3 is 1. The van der Waals surface area contributed by atoms with Crippen molar-refractivity contribution in [1.29, 1.82) is 0 Å². The predicted octanol–water partition coefficient (Wildman–Crippen LogP) is 3.63. The van der Waals surface area contributed by atoms with Crippen LogP contribution < -0.4 is 16.0 Å².